The van der Waals surface area contributed by atoms with Crippen LogP contribution in [0.3, 0.4) is 0 Å². The zero-order valence-electron chi connectivity index (χ0n) is 15.1. The van der Waals surface area contributed by atoms with Crippen LogP contribution < -0.4 is 15.0 Å². The number of para-hydroxylation sites is 2. The summed E-state index contributed by atoms with van der Waals surface area (Å²) in [5, 5.41) is 2.97. The number of benzene rings is 1. The number of carbonyl (C=O) groups excluding carboxylic acids is 2. The Morgan fingerprint density at radius 1 is 1.15 bits per heavy atom. The number of ether oxygens (including phenoxy) is 1. The quantitative estimate of drug-likeness (QED) is 0.843. The number of nitrogens with zero attached hydrogens (tertiary/aromatic N) is 2. The van der Waals surface area contributed by atoms with Crippen LogP contribution >= 0.6 is 0 Å². The average molecular weight is 369 g/mol. The van der Waals surface area contributed by atoms with Crippen LogP contribution in [-0.2, 0) is 9.59 Å². The predicted molar refractivity (Wildman–Crippen MR) is 99.6 cm³/mol. The molecule has 7 nitrogen and oxygen atoms in total. The number of nitrogens with one attached hydrogen (secondary N) is 1. The standard InChI is InChI=1S/C20H23N3O4/c24-19(13-23-15-6-1-2-7-17(15)27-14-20(23)25)21-12-16(18-8-5-11-26-18)22-9-3-4-10-22/h1-2,5-8,11,16H,3-4,9-10,12-14H2,(H,21,24). The van der Waals surface area contributed by atoms with Crippen LogP contribution in [0, 0.1) is 0 Å². The maximum atomic E-state index is 12.6. The van der Waals surface area contributed by atoms with Crippen LogP contribution in [0.2, 0.25) is 0 Å². The van der Waals surface area contributed by atoms with Crippen molar-refractivity contribution >= 4 is 17.5 Å². The Labute approximate surface area is 157 Å². The maximum Gasteiger partial charge on any atom is 0.265 e. The Morgan fingerprint density at radius 2 is 1.96 bits per heavy atom. The highest BCUT2D eigenvalue weighted by molar-refractivity contribution is 6.02. The minimum atomic E-state index is -0.217. The van der Waals surface area contributed by atoms with Crippen molar-refractivity contribution < 1.29 is 18.7 Å². The second kappa shape index (κ2) is 7.84. The fraction of sp³-hybridized carbons (Fsp3) is 0.400. The van der Waals surface area contributed by atoms with E-state index in [0.29, 0.717) is 18.0 Å². The molecule has 0 bridgehead atoms. The first-order chi connectivity index (χ1) is 13.2. The van der Waals surface area contributed by atoms with E-state index in [4.69, 9.17) is 9.15 Å². The number of hydrogen-bond donors (Lipinski definition) is 1. The van der Waals surface area contributed by atoms with Gasteiger partial charge in [0.1, 0.15) is 18.1 Å². The largest absolute Gasteiger partial charge is 0.482 e. The van der Waals surface area contributed by atoms with Gasteiger partial charge in [-0.1, -0.05) is 12.1 Å². The fourth-order valence-corrected chi connectivity index (χ4v) is 3.68. The van der Waals surface area contributed by atoms with Gasteiger partial charge in [0.05, 0.1) is 18.0 Å². The van der Waals surface area contributed by atoms with E-state index in [1.807, 2.05) is 24.3 Å². The third kappa shape index (κ3) is 3.83. The molecular formula is C20H23N3O4. The van der Waals surface area contributed by atoms with E-state index in [1.165, 1.54) is 4.90 Å². The second-order valence-corrected chi connectivity index (χ2v) is 6.81. The first kappa shape index (κ1) is 17.6. The molecule has 7 heteroatoms. The molecule has 27 heavy (non-hydrogen) atoms. The van der Waals surface area contributed by atoms with Gasteiger partial charge >= 0.3 is 0 Å². The summed E-state index contributed by atoms with van der Waals surface area (Å²) in [6.07, 6.45) is 3.97. The average Bonchev–Trinajstić information content (AvgIpc) is 3.39. The van der Waals surface area contributed by atoms with Crippen molar-refractivity contribution in [2.24, 2.45) is 0 Å². The molecule has 2 aromatic rings. The predicted octanol–water partition coefficient (Wildman–Crippen LogP) is 1.96. The summed E-state index contributed by atoms with van der Waals surface area (Å²) in [4.78, 5) is 28.6. The molecule has 0 saturated carbocycles. The van der Waals surface area contributed by atoms with Crippen molar-refractivity contribution in [1.82, 2.24) is 10.2 Å². The zero-order chi connectivity index (χ0) is 18.6. The lowest BCUT2D eigenvalue weighted by atomic mass is 10.2. The highest BCUT2D eigenvalue weighted by Crippen LogP contribution is 2.31. The van der Waals surface area contributed by atoms with Gasteiger partial charge in [-0.15, -0.1) is 0 Å². The van der Waals surface area contributed by atoms with Crippen molar-refractivity contribution in [3.63, 3.8) is 0 Å². The highest BCUT2D eigenvalue weighted by Gasteiger charge is 2.29. The molecule has 0 aliphatic carbocycles. The molecule has 2 aliphatic heterocycles. The molecule has 2 amide bonds. The third-order valence-corrected chi connectivity index (χ3v) is 5.06. The van der Waals surface area contributed by atoms with Crippen molar-refractivity contribution in [1.29, 1.82) is 0 Å². The second-order valence-electron chi connectivity index (χ2n) is 6.81. The van der Waals surface area contributed by atoms with E-state index in [1.54, 1.807) is 18.4 Å². The summed E-state index contributed by atoms with van der Waals surface area (Å²) >= 11 is 0. The van der Waals surface area contributed by atoms with E-state index in [0.717, 1.165) is 31.7 Å². The van der Waals surface area contributed by atoms with Gasteiger partial charge in [-0.05, 0) is 50.2 Å². The van der Waals surface area contributed by atoms with Crippen molar-refractivity contribution in [2.45, 2.75) is 18.9 Å². The maximum absolute atomic E-state index is 12.6. The minimum Gasteiger partial charge on any atom is -0.482 e. The van der Waals surface area contributed by atoms with Gasteiger partial charge in [0.15, 0.2) is 6.61 Å². The number of anilines is 1. The van der Waals surface area contributed by atoms with Gasteiger partial charge in [0.2, 0.25) is 5.91 Å². The molecular weight excluding hydrogens is 346 g/mol. The molecule has 1 saturated heterocycles. The van der Waals surface area contributed by atoms with E-state index >= 15 is 0 Å². The lowest BCUT2D eigenvalue weighted by Gasteiger charge is -2.29. The van der Waals surface area contributed by atoms with Crippen molar-refractivity contribution in [3.8, 4) is 5.75 Å². The molecule has 0 radical (unpaired) electrons. The van der Waals surface area contributed by atoms with E-state index in [-0.39, 0.29) is 31.0 Å². The summed E-state index contributed by atoms with van der Waals surface area (Å²) in [7, 11) is 0. The molecule has 0 spiro atoms. The molecule has 1 atom stereocenters. The van der Waals surface area contributed by atoms with Crippen LogP contribution in [0.5, 0.6) is 5.75 Å². The van der Waals surface area contributed by atoms with Crippen LogP contribution in [-0.4, -0.2) is 49.5 Å². The number of fused-ring (bicyclic) bond motifs is 1. The number of carbonyl (C=O) groups is 2. The lowest BCUT2D eigenvalue weighted by molar-refractivity contribution is -0.125. The van der Waals surface area contributed by atoms with Crippen LogP contribution in [0.25, 0.3) is 0 Å². The van der Waals surface area contributed by atoms with E-state index in [9.17, 15) is 9.59 Å². The topological polar surface area (TPSA) is 75.0 Å². The molecule has 1 N–H and O–H groups in total. The smallest absolute Gasteiger partial charge is 0.265 e. The summed E-state index contributed by atoms with van der Waals surface area (Å²) in [5.74, 6) is 1.06. The van der Waals surface area contributed by atoms with Gasteiger partial charge < -0.3 is 14.5 Å². The van der Waals surface area contributed by atoms with Crippen molar-refractivity contribution in [3.05, 3.63) is 48.4 Å². The van der Waals surface area contributed by atoms with Gasteiger partial charge in [0.25, 0.3) is 5.91 Å². The lowest BCUT2D eigenvalue weighted by Crippen LogP contribution is -2.46. The van der Waals surface area contributed by atoms with E-state index in [2.05, 4.69) is 10.2 Å². The summed E-state index contributed by atoms with van der Waals surface area (Å²) in [5.41, 5.74) is 0.631. The summed E-state index contributed by atoms with van der Waals surface area (Å²) in [6.45, 7) is 2.37. The Balaban J connectivity index is 1.41. The number of likely N-dealkylation sites (tertiary alicyclic amines) is 1. The van der Waals surface area contributed by atoms with Gasteiger partial charge in [-0.2, -0.15) is 0 Å². The minimum absolute atomic E-state index is 0.0131. The Bertz CT molecular complexity index is 799. The number of amides is 2. The molecule has 3 heterocycles. The SMILES string of the molecule is O=C(CN1C(=O)COc2ccccc21)NCC(c1ccco1)N1CCCC1. The van der Waals surface area contributed by atoms with Crippen molar-refractivity contribution in [2.75, 3.05) is 37.7 Å². The summed E-state index contributed by atoms with van der Waals surface area (Å²) in [6, 6.07) is 11.1. The molecule has 1 aromatic heterocycles. The monoisotopic (exact) mass is 369 g/mol. The fourth-order valence-electron chi connectivity index (χ4n) is 3.68. The first-order valence-corrected chi connectivity index (χ1v) is 9.29. The van der Waals surface area contributed by atoms with Gasteiger partial charge in [-0.25, -0.2) is 0 Å². The summed E-state index contributed by atoms with van der Waals surface area (Å²) < 4.78 is 11.0. The van der Waals surface area contributed by atoms with Crippen LogP contribution in [0.15, 0.2) is 47.1 Å². The Morgan fingerprint density at radius 3 is 2.74 bits per heavy atom. The number of hydrogen-bond acceptors (Lipinski definition) is 5. The number of rotatable bonds is 6. The third-order valence-electron chi connectivity index (χ3n) is 5.06. The Kier molecular flexibility index (Phi) is 5.11. The molecule has 2 aliphatic rings. The highest BCUT2D eigenvalue weighted by atomic mass is 16.5. The molecule has 1 fully saturated rings. The molecule has 1 aromatic carbocycles. The normalized spacial score (nSPS) is 18.1. The number of furan rings is 1. The molecule has 4 rings (SSSR count). The zero-order valence-corrected chi connectivity index (χ0v) is 15.1. The molecule has 1 unspecified atom stereocenters. The van der Waals surface area contributed by atoms with Gasteiger partial charge in [0, 0.05) is 6.54 Å². The Hall–Kier alpha value is -2.80. The van der Waals surface area contributed by atoms with E-state index < -0.39 is 0 Å². The molecule has 142 valence electrons. The van der Waals surface area contributed by atoms with Crippen LogP contribution in [0.4, 0.5) is 5.69 Å². The van der Waals surface area contributed by atoms with Crippen LogP contribution in [0.1, 0.15) is 24.6 Å². The first-order valence-electron chi connectivity index (χ1n) is 9.29. The van der Waals surface area contributed by atoms with Gasteiger partial charge in [-0.3, -0.25) is 19.4 Å².